The quantitative estimate of drug-likeness (QED) is 0.130. The number of unbranched alkanes of at least 4 members (excludes halogenated alkanes) is 1. The van der Waals surface area contributed by atoms with E-state index in [2.05, 4.69) is 17.6 Å². The zero-order chi connectivity index (χ0) is 13.2. The van der Waals surface area contributed by atoms with E-state index < -0.39 is 14.2 Å². The van der Waals surface area contributed by atoms with Gasteiger partial charge in [0, 0.05) is 6.54 Å². The largest absolute Gasteiger partial charge is 1.00 e. The van der Waals surface area contributed by atoms with Gasteiger partial charge in [-0.25, -0.2) is 0 Å². The number of nitrogens with one attached hydrogen (secondary N) is 4. The Morgan fingerprint density at radius 3 is 2.17 bits per heavy atom. The maximum Gasteiger partial charge on any atom is 1.00 e. The Hall–Kier alpha value is 0.308. The van der Waals surface area contributed by atoms with Crippen LogP contribution in [0.15, 0.2) is 0 Å². The topological polar surface area (TPSA) is 158 Å². The standard InChI is InChI=1S/C6H15N5.CH5AsO3.ClH.Na/c1-2-3-4-10-6(9)11-5(7)8;1-2(3,4)5;;/h2-4H2,1H3,(H6,7,8,9,10,11);1H3,(H2,3,4,5);1H;/q;;;+1/p-1. The molecule has 0 aromatic carbocycles. The van der Waals surface area contributed by atoms with E-state index in [1.807, 2.05) is 0 Å². The minimum absolute atomic E-state index is 0. The molecule has 0 saturated heterocycles. The van der Waals surface area contributed by atoms with Crippen LogP contribution in [-0.4, -0.2) is 36.7 Å². The average molecular weight is 356 g/mol. The molecule has 0 rings (SSSR count). The molecule has 0 amide bonds. The second-order valence-electron chi connectivity index (χ2n) is 3.00. The fourth-order valence-electron chi connectivity index (χ4n) is 0.569. The van der Waals surface area contributed by atoms with Gasteiger partial charge in [0.05, 0.1) is 0 Å². The van der Waals surface area contributed by atoms with Gasteiger partial charge in [-0.15, -0.1) is 12.4 Å². The molecule has 8 nitrogen and oxygen atoms in total. The summed E-state index contributed by atoms with van der Waals surface area (Å²) >= 11 is -4.38. The summed E-state index contributed by atoms with van der Waals surface area (Å²) in [4.78, 5) is 0. The summed E-state index contributed by atoms with van der Waals surface area (Å²) in [6.07, 6.45) is 2.10. The summed E-state index contributed by atoms with van der Waals surface area (Å²) in [6, 6.07) is 0. The first-order chi connectivity index (χ1) is 7.16. The summed E-state index contributed by atoms with van der Waals surface area (Å²) in [6.45, 7) is 2.82. The first kappa shape index (κ1) is 26.8. The zero-order valence-corrected chi connectivity index (χ0v) is 15.5. The van der Waals surface area contributed by atoms with Crippen LogP contribution in [-0.2, 0) is 3.74 Å². The fourth-order valence-corrected chi connectivity index (χ4v) is 0.569. The molecule has 0 heterocycles. The Balaban J connectivity index is -0.000000122. The summed E-state index contributed by atoms with van der Waals surface area (Å²) in [5.41, 5.74) is 5.79. The van der Waals surface area contributed by atoms with Crippen LogP contribution >= 0.6 is 12.4 Å². The molecular formula is C7H20AsClN5NaO3. The maximum absolute atomic E-state index is 9.28. The van der Waals surface area contributed by atoms with Gasteiger partial charge in [0.2, 0.25) is 0 Å². The minimum atomic E-state index is -4.38. The van der Waals surface area contributed by atoms with Gasteiger partial charge in [0.25, 0.3) is 0 Å². The Morgan fingerprint density at radius 1 is 1.50 bits per heavy atom. The number of hydrogen-bond acceptors (Lipinski definition) is 4. The first-order valence-electron chi connectivity index (χ1n) is 4.61. The molecule has 0 aliphatic carbocycles. The molecule has 1 unspecified atom stereocenters. The maximum atomic E-state index is 9.28. The molecule has 0 fully saturated rings. The smallest absolute Gasteiger partial charge is 0.147 e. The number of guanidine groups is 2. The van der Waals surface area contributed by atoms with E-state index in [1.54, 1.807) is 0 Å². The second kappa shape index (κ2) is 15.4. The van der Waals surface area contributed by atoms with Crippen molar-refractivity contribution in [1.82, 2.24) is 10.6 Å². The summed E-state index contributed by atoms with van der Waals surface area (Å²) in [5, 5.41) is 19.0. The second-order valence-corrected chi connectivity index (χ2v) is 6.37. The predicted octanol–water partition coefficient (Wildman–Crippen LogP) is -4.44. The van der Waals surface area contributed by atoms with Crippen LogP contribution in [0.4, 0.5) is 0 Å². The Bertz CT molecular complexity index is 268. The van der Waals surface area contributed by atoms with E-state index in [9.17, 15) is 7.84 Å². The molecule has 0 aliphatic rings. The van der Waals surface area contributed by atoms with Crippen LogP contribution in [0, 0.1) is 10.8 Å². The van der Waals surface area contributed by atoms with Crippen molar-refractivity contribution in [2.45, 2.75) is 25.5 Å². The third-order valence-corrected chi connectivity index (χ3v) is 1.09. The molecule has 18 heavy (non-hydrogen) atoms. The minimum Gasteiger partial charge on any atom is -0.147 e. The van der Waals surface area contributed by atoms with Gasteiger partial charge < -0.3 is 11.1 Å². The Morgan fingerprint density at radius 2 is 1.89 bits per heavy atom. The van der Waals surface area contributed by atoms with Crippen molar-refractivity contribution in [3.8, 4) is 0 Å². The van der Waals surface area contributed by atoms with Crippen LogP contribution in [0.3, 0.4) is 0 Å². The van der Waals surface area contributed by atoms with Crippen LogP contribution < -0.4 is 50.0 Å². The van der Waals surface area contributed by atoms with Gasteiger partial charge in [-0.2, -0.15) is 0 Å². The van der Waals surface area contributed by atoms with Crippen molar-refractivity contribution in [2.75, 3.05) is 6.54 Å². The molecule has 7 N–H and O–H groups in total. The third-order valence-electron chi connectivity index (χ3n) is 1.09. The number of halogens is 1. The van der Waals surface area contributed by atoms with Crippen LogP contribution in [0.25, 0.3) is 0 Å². The zero-order valence-electron chi connectivity index (χ0n) is 10.8. The summed E-state index contributed by atoms with van der Waals surface area (Å²) < 4.78 is 26.1. The molecule has 104 valence electrons. The molecule has 0 bridgehead atoms. The van der Waals surface area contributed by atoms with Gasteiger partial charge in [-0.1, -0.05) is 13.3 Å². The van der Waals surface area contributed by atoms with Crippen LogP contribution in [0.1, 0.15) is 19.8 Å². The molecule has 0 aromatic heterocycles. The predicted molar refractivity (Wildman–Crippen MR) is 67.5 cm³/mol. The Kier molecular flexibility index (Phi) is 22.9. The molecular weight excluding hydrogens is 335 g/mol. The Labute approximate surface area is 138 Å². The van der Waals surface area contributed by atoms with E-state index in [1.165, 1.54) is 0 Å². The molecule has 0 radical (unpaired) electrons. The fraction of sp³-hybridized carbons (Fsp3) is 0.714. The average Bonchev–Trinajstić information content (AvgIpc) is 1.99. The molecule has 0 aliphatic heterocycles. The summed E-state index contributed by atoms with van der Waals surface area (Å²) in [5.74, 6) is -0.120. The number of rotatable bonds is 3. The van der Waals surface area contributed by atoms with E-state index in [4.69, 9.17) is 20.6 Å². The van der Waals surface area contributed by atoms with Gasteiger partial charge >= 0.3 is 61.4 Å². The molecule has 0 spiro atoms. The molecule has 0 saturated carbocycles. The van der Waals surface area contributed by atoms with Crippen molar-refractivity contribution < 1.29 is 41.5 Å². The van der Waals surface area contributed by atoms with Gasteiger partial charge in [-0.3, -0.25) is 16.1 Å². The SMILES string of the molecule is CCCCNC(=N)NC(=N)N.C[As](=O)([O-])O.Cl.[Na+]. The van der Waals surface area contributed by atoms with E-state index >= 15 is 0 Å². The molecule has 0 aromatic rings. The van der Waals surface area contributed by atoms with E-state index in [0.29, 0.717) is 0 Å². The van der Waals surface area contributed by atoms with Crippen molar-refractivity contribution in [1.29, 1.82) is 10.8 Å². The van der Waals surface area contributed by atoms with Crippen molar-refractivity contribution in [3.63, 3.8) is 0 Å². The third kappa shape index (κ3) is 44.1. The monoisotopic (exact) mass is 355 g/mol. The van der Waals surface area contributed by atoms with Crippen molar-refractivity contribution in [3.05, 3.63) is 0 Å². The molecule has 11 heteroatoms. The van der Waals surface area contributed by atoms with Gasteiger partial charge in [-0.05, 0) is 6.42 Å². The van der Waals surface area contributed by atoms with Crippen LogP contribution in [0.5, 0.6) is 0 Å². The number of hydrogen-bond donors (Lipinski definition) is 6. The number of nitrogens with two attached hydrogens (primary N) is 1. The normalized spacial score (nSPS) is 11.3. The summed E-state index contributed by atoms with van der Waals surface area (Å²) in [7, 11) is 0. The van der Waals surface area contributed by atoms with Crippen molar-refractivity contribution >= 4 is 38.5 Å². The molecule has 1 atom stereocenters. The first-order valence-corrected chi connectivity index (χ1v) is 8.86. The van der Waals surface area contributed by atoms with E-state index in [0.717, 1.165) is 25.1 Å². The van der Waals surface area contributed by atoms with Gasteiger partial charge in [0.1, 0.15) is 0 Å². The van der Waals surface area contributed by atoms with E-state index in [-0.39, 0.29) is 53.9 Å². The van der Waals surface area contributed by atoms with Crippen LogP contribution in [0.2, 0.25) is 5.71 Å². The van der Waals surface area contributed by atoms with Crippen molar-refractivity contribution in [2.24, 2.45) is 5.73 Å². The van der Waals surface area contributed by atoms with Gasteiger partial charge in [0.15, 0.2) is 11.9 Å².